The van der Waals surface area contributed by atoms with Gasteiger partial charge in [0.1, 0.15) is 11.4 Å². The Morgan fingerprint density at radius 3 is 2.52 bits per heavy atom. The molecule has 31 heavy (non-hydrogen) atoms. The quantitative estimate of drug-likeness (QED) is 0.568. The molecule has 1 heterocycles. The molecule has 0 bridgehead atoms. The van der Waals surface area contributed by atoms with Crippen LogP contribution in [0.3, 0.4) is 0 Å². The van der Waals surface area contributed by atoms with Crippen molar-refractivity contribution in [1.29, 1.82) is 0 Å². The predicted octanol–water partition coefficient (Wildman–Crippen LogP) is 4.85. The summed E-state index contributed by atoms with van der Waals surface area (Å²) in [6.07, 6.45) is 2.97. The lowest BCUT2D eigenvalue weighted by atomic mass is 10.1. The van der Waals surface area contributed by atoms with Gasteiger partial charge < -0.3 is 9.47 Å². The highest BCUT2D eigenvalue weighted by Crippen LogP contribution is 2.21. The SMILES string of the molecule is CCOC(=O)Nc1cc(-c2ccc(OC)cc2)nn(CC=Cc2ccc(Cl)cc2)c1=O. The minimum absolute atomic E-state index is 0.0826. The molecule has 0 aliphatic heterocycles. The Morgan fingerprint density at radius 2 is 1.87 bits per heavy atom. The van der Waals surface area contributed by atoms with Crippen molar-refractivity contribution in [2.24, 2.45) is 0 Å². The zero-order valence-electron chi connectivity index (χ0n) is 17.2. The summed E-state index contributed by atoms with van der Waals surface area (Å²) in [6, 6.07) is 16.1. The molecule has 0 saturated carbocycles. The monoisotopic (exact) mass is 439 g/mol. The number of carbonyl (C=O) groups excluding carboxylic acids is 1. The molecule has 0 spiro atoms. The Labute approximate surface area is 184 Å². The third-order valence-corrected chi connectivity index (χ3v) is 4.58. The third-order valence-electron chi connectivity index (χ3n) is 4.33. The lowest BCUT2D eigenvalue weighted by Gasteiger charge is -2.11. The minimum Gasteiger partial charge on any atom is -0.497 e. The summed E-state index contributed by atoms with van der Waals surface area (Å²) in [6.45, 7) is 2.10. The minimum atomic E-state index is -0.699. The second-order valence-corrected chi connectivity index (χ2v) is 6.89. The van der Waals surface area contributed by atoms with Crippen LogP contribution < -0.4 is 15.6 Å². The van der Waals surface area contributed by atoms with Gasteiger partial charge in [0.25, 0.3) is 5.56 Å². The molecular formula is C23H22ClN3O4. The molecule has 160 valence electrons. The summed E-state index contributed by atoms with van der Waals surface area (Å²) in [4.78, 5) is 24.7. The molecule has 0 aliphatic carbocycles. The topological polar surface area (TPSA) is 82.4 Å². The molecule has 0 atom stereocenters. The fourth-order valence-electron chi connectivity index (χ4n) is 2.80. The van der Waals surface area contributed by atoms with Crippen molar-refractivity contribution in [3.8, 4) is 17.0 Å². The molecule has 1 amide bonds. The zero-order chi connectivity index (χ0) is 22.2. The van der Waals surface area contributed by atoms with Crippen molar-refractivity contribution < 1.29 is 14.3 Å². The van der Waals surface area contributed by atoms with Gasteiger partial charge in [-0.2, -0.15) is 5.10 Å². The Kier molecular flexibility index (Phi) is 7.45. The Bertz CT molecular complexity index is 1120. The lowest BCUT2D eigenvalue weighted by molar-refractivity contribution is 0.168. The second-order valence-electron chi connectivity index (χ2n) is 6.46. The van der Waals surface area contributed by atoms with Crippen LogP contribution in [0.15, 0.2) is 65.5 Å². The van der Waals surface area contributed by atoms with Gasteiger partial charge in [-0.25, -0.2) is 9.48 Å². The van der Waals surface area contributed by atoms with Crippen LogP contribution in [0.25, 0.3) is 17.3 Å². The summed E-state index contributed by atoms with van der Waals surface area (Å²) in [7, 11) is 1.59. The smallest absolute Gasteiger partial charge is 0.411 e. The summed E-state index contributed by atoms with van der Waals surface area (Å²) >= 11 is 5.91. The van der Waals surface area contributed by atoms with Crippen molar-refractivity contribution in [3.63, 3.8) is 0 Å². The van der Waals surface area contributed by atoms with Crippen molar-refractivity contribution in [3.05, 3.63) is 81.6 Å². The van der Waals surface area contributed by atoms with E-state index in [1.807, 2.05) is 36.4 Å². The zero-order valence-corrected chi connectivity index (χ0v) is 17.9. The first-order valence-electron chi connectivity index (χ1n) is 9.62. The van der Waals surface area contributed by atoms with Crippen LogP contribution in [0.5, 0.6) is 5.75 Å². The van der Waals surface area contributed by atoms with E-state index in [9.17, 15) is 9.59 Å². The van der Waals surface area contributed by atoms with E-state index in [-0.39, 0.29) is 18.8 Å². The fourth-order valence-corrected chi connectivity index (χ4v) is 2.92. The van der Waals surface area contributed by atoms with Gasteiger partial charge >= 0.3 is 6.09 Å². The molecular weight excluding hydrogens is 418 g/mol. The maximum absolute atomic E-state index is 12.8. The van der Waals surface area contributed by atoms with E-state index in [1.165, 1.54) is 10.7 Å². The van der Waals surface area contributed by atoms with Gasteiger partial charge in [0.15, 0.2) is 0 Å². The molecule has 3 aromatic rings. The number of nitrogens with one attached hydrogen (secondary N) is 1. The van der Waals surface area contributed by atoms with Crippen LogP contribution in [-0.4, -0.2) is 29.6 Å². The molecule has 7 nitrogen and oxygen atoms in total. The highest BCUT2D eigenvalue weighted by atomic mass is 35.5. The number of halogens is 1. The largest absolute Gasteiger partial charge is 0.497 e. The van der Waals surface area contributed by atoms with E-state index in [0.717, 1.165) is 11.1 Å². The lowest BCUT2D eigenvalue weighted by Crippen LogP contribution is -2.28. The number of allylic oxidation sites excluding steroid dienone is 1. The molecule has 0 unspecified atom stereocenters. The van der Waals surface area contributed by atoms with E-state index in [1.54, 1.807) is 38.3 Å². The third kappa shape index (κ3) is 5.96. The van der Waals surface area contributed by atoms with Crippen LogP contribution in [-0.2, 0) is 11.3 Å². The van der Waals surface area contributed by atoms with Crippen molar-refractivity contribution in [2.75, 3.05) is 19.0 Å². The number of carbonyl (C=O) groups is 1. The first kappa shape index (κ1) is 22.1. The van der Waals surface area contributed by atoms with Gasteiger partial charge in [-0.15, -0.1) is 0 Å². The number of amides is 1. The van der Waals surface area contributed by atoms with Crippen LogP contribution >= 0.6 is 11.6 Å². The number of anilines is 1. The standard InChI is InChI=1S/C23H22ClN3O4/c1-3-31-23(29)25-21-15-20(17-8-12-19(30-2)13-9-17)26-27(22(21)28)14-4-5-16-6-10-18(24)11-7-16/h4-13,15H,3,14H2,1-2H3,(H,25,29). The number of rotatable bonds is 7. The average Bonchev–Trinajstić information content (AvgIpc) is 2.77. The molecule has 1 aromatic heterocycles. The Morgan fingerprint density at radius 1 is 1.16 bits per heavy atom. The maximum Gasteiger partial charge on any atom is 0.411 e. The van der Waals surface area contributed by atoms with E-state index in [2.05, 4.69) is 10.4 Å². The predicted molar refractivity (Wildman–Crippen MR) is 122 cm³/mol. The Balaban J connectivity index is 1.94. The van der Waals surface area contributed by atoms with Gasteiger partial charge in [0, 0.05) is 10.6 Å². The maximum atomic E-state index is 12.8. The first-order valence-corrected chi connectivity index (χ1v) is 10.0. The summed E-state index contributed by atoms with van der Waals surface area (Å²) in [5.74, 6) is 0.702. The van der Waals surface area contributed by atoms with Crippen LogP contribution in [0.4, 0.5) is 10.5 Å². The van der Waals surface area contributed by atoms with Crippen molar-refractivity contribution >= 4 is 29.5 Å². The van der Waals surface area contributed by atoms with E-state index >= 15 is 0 Å². The molecule has 0 radical (unpaired) electrons. The number of benzene rings is 2. The van der Waals surface area contributed by atoms with Gasteiger partial charge in [0.2, 0.25) is 0 Å². The van der Waals surface area contributed by atoms with Crippen LogP contribution in [0, 0.1) is 0 Å². The summed E-state index contributed by atoms with van der Waals surface area (Å²) in [5.41, 5.74) is 1.87. The molecule has 0 saturated heterocycles. The average molecular weight is 440 g/mol. The van der Waals surface area contributed by atoms with Gasteiger partial charge in [-0.1, -0.05) is 35.9 Å². The molecule has 3 rings (SSSR count). The number of nitrogens with zero attached hydrogens (tertiary/aromatic N) is 2. The second kappa shape index (κ2) is 10.4. The van der Waals surface area contributed by atoms with E-state index in [0.29, 0.717) is 16.5 Å². The van der Waals surface area contributed by atoms with Gasteiger partial charge in [-0.05, 0) is 55.0 Å². The van der Waals surface area contributed by atoms with E-state index in [4.69, 9.17) is 21.1 Å². The van der Waals surface area contributed by atoms with Gasteiger partial charge in [0.05, 0.1) is 26.0 Å². The first-order chi connectivity index (χ1) is 15.0. The van der Waals surface area contributed by atoms with Crippen molar-refractivity contribution in [1.82, 2.24) is 9.78 Å². The summed E-state index contributed by atoms with van der Waals surface area (Å²) < 4.78 is 11.4. The molecule has 0 aliphatic rings. The van der Waals surface area contributed by atoms with Gasteiger partial charge in [-0.3, -0.25) is 10.1 Å². The molecule has 8 heteroatoms. The highest BCUT2D eigenvalue weighted by Gasteiger charge is 2.13. The fraction of sp³-hybridized carbons (Fsp3) is 0.174. The summed E-state index contributed by atoms with van der Waals surface area (Å²) in [5, 5.41) is 7.61. The molecule has 0 fully saturated rings. The molecule has 1 N–H and O–H groups in total. The number of ether oxygens (including phenoxy) is 2. The van der Waals surface area contributed by atoms with Crippen LogP contribution in [0.1, 0.15) is 12.5 Å². The number of hydrogen-bond donors (Lipinski definition) is 1. The van der Waals surface area contributed by atoms with Crippen LogP contribution in [0.2, 0.25) is 5.02 Å². The highest BCUT2D eigenvalue weighted by molar-refractivity contribution is 6.30. The normalized spacial score (nSPS) is 10.8. The number of aromatic nitrogens is 2. The molecule has 2 aromatic carbocycles. The van der Waals surface area contributed by atoms with E-state index < -0.39 is 11.7 Å². The number of methoxy groups -OCH3 is 1. The van der Waals surface area contributed by atoms with Crippen molar-refractivity contribution in [2.45, 2.75) is 13.5 Å². The Hall–Kier alpha value is -3.58. The number of hydrogen-bond acceptors (Lipinski definition) is 5.